The lowest BCUT2D eigenvalue weighted by molar-refractivity contribution is -0.116. The van der Waals surface area contributed by atoms with Crippen LogP contribution in [0.1, 0.15) is 46.7 Å². The van der Waals surface area contributed by atoms with Gasteiger partial charge in [0.25, 0.3) is 0 Å². The predicted octanol–water partition coefficient (Wildman–Crippen LogP) is 5.56. The van der Waals surface area contributed by atoms with E-state index in [9.17, 15) is 4.79 Å². The second kappa shape index (κ2) is 11.7. The lowest BCUT2D eigenvalue weighted by Crippen LogP contribution is -2.33. The fourth-order valence-electron chi connectivity index (χ4n) is 5.30. The molecule has 200 valence electrons. The summed E-state index contributed by atoms with van der Waals surface area (Å²) >= 11 is 5.83. The van der Waals surface area contributed by atoms with Gasteiger partial charge in [-0.2, -0.15) is 0 Å². The Morgan fingerprint density at radius 2 is 1.79 bits per heavy atom. The first-order chi connectivity index (χ1) is 19.0. The van der Waals surface area contributed by atoms with Crippen LogP contribution in [-0.4, -0.2) is 39.1 Å². The number of nitrogens with zero attached hydrogens (tertiary/aromatic N) is 3. The molecule has 2 atom stereocenters. The first kappa shape index (κ1) is 26.4. The van der Waals surface area contributed by atoms with Gasteiger partial charge in [-0.3, -0.25) is 9.78 Å². The number of aryl methyl sites for hydroxylation is 1. The van der Waals surface area contributed by atoms with Gasteiger partial charge in [-0.15, -0.1) is 0 Å². The maximum absolute atomic E-state index is 13.0. The van der Waals surface area contributed by atoms with Crippen molar-refractivity contribution < 1.29 is 9.53 Å². The maximum atomic E-state index is 13.0. The smallest absolute Gasteiger partial charge is 0.226 e. The van der Waals surface area contributed by atoms with Gasteiger partial charge in [-0.1, -0.05) is 48.5 Å². The van der Waals surface area contributed by atoms with Crippen molar-refractivity contribution in [2.75, 3.05) is 19.0 Å². The van der Waals surface area contributed by atoms with Gasteiger partial charge in [0.05, 0.1) is 30.6 Å². The van der Waals surface area contributed by atoms with Crippen LogP contribution in [0.5, 0.6) is 5.75 Å². The van der Waals surface area contributed by atoms with Gasteiger partial charge in [0.15, 0.2) is 5.11 Å². The zero-order valence-electron chi connectivity index (χ0n) is 22.4. The van der Waals surface area contributed by atoms with Crippen molar-refractivity contribution in [3.8, 4) is 5.75 Å². The minimum absolute atomic E-state index is 0.100. The van der Waals surface area contributed by atoms with Gasteiger partial charge >= 0.3 is 0 Å². The van der Waals surface area contributed by atoms with Gasteiger partial charge in [-0.05, 0) is 67.5 Å². The molecular weight excluding hydrogens is 506 g/mol. The van der Waals surface area contributed by atoms with Crippen LogP contribution in [-0.2, 0) is 11.3 Å². The molecule has 0 aliphatic carbocycles. The van der Waals surface area contributed by atoms with Crippen LogP contribution in [0.15, 0.2) is 85.1 Å². The third-order valence-corrected chi connectivity index (χ3v) is 7.63. The second-order valence-corrected chi connectivity index (χ2v) is 10.1. The number of carbonyl (C=O) groups excluding carboxylic acids is 1. The van der Waals surface area contributed by atoms with Crippen LogP contribution in [0.2, 0.25) is 0 Å². The van der Waals surface area contributed by atoms with E-state index in [2.05, 4.69) is 69.3 Å². The van der Waals surface area contributed by atoms with Crippen molar-refractivity contribution in [3.63, 3.8) is 0 Å². The molecule has 39 heavy (non-hydrogen) atoms. The van der Waals surface area contributed by atoms with Gasteiger partial charge in [0.1, 0.15) is 5.75 Å². The third-order valence-electron chi connectivity index (χ3n) is 7.27. The number of methoxy groups -OCH3 is 1. The summed E-state index contributed by atoms with van der Waals surface area (Å²) in [4.78, 5) is 19.8. The number of thiocarbonyl (C=S) groups is 1. The van der Waals surface area contributed by atoms with E-state index in [1.807, 2.05) is 48.5 Å². The summed E-state index contributed by atoms with van der Waals surface area (Å²) in [5.74, 6) is 0.528. The molecule has 5 rings (SSSR count). The Morgan fingerprint density at radius 1 is 1.05 bits per heavy atom. The molecule has 2 N–H and O–H groups in total. The van der Waals surface area contributed by atoms with Crippen LogP contribution >= 0.6 is 12.2 Å². The summed E-state index contributed by atoms with van der Waals surface area (Å²) < 4.78 is 7.72. The molecule has 0 spiro atoms. The van der Waals surface area contributed by atoms with Crippen molar-refractivity contribution in [3.05, 3.63) is 113 Å². The van der Waals surface area contributed by atoms with Crippen LogP contribution in [0.25, 0.3) is 0 Å². The average molecular weight is 540 g/mol. The van der Waals surface area contributed by atoms with Crippen LogP contribution in [0.4, 0.5) is 5.69 Å². The number of amides is 1. The first-order valence-corrected chi connectivity index (χ1v) is 13.5. The number of rotatable bonds is 9. The standard InChI is InChI=1S/C31H33N5O2S/c1-21-19-24(22(2)36(21)20-23-11-5-4-6-12-23)30-29(26-14-9-10-17-32-26)34-31(39)35(30)18-16-28(37)33-25-13-7-8-15-27(25)38-3/h4-15,17,19,29-30H,16,18,20H2,1-3H3,(H,33,37)(H,34,39)/t29-,30+/m1/s1. The van der Waals surface area contributed by atoms with Gasteiger partial charge < -0.3 is 24.8 Å². The number of anilines is 1. The molecule has 8 heteroatoms. The number of carbonyl (C=O) groups is 1. The van der Waals surface area contributed by atoms with Gasteiger partial charge in [0, 0.05) is 37.1 Å². The number of nitrogens with one attached hydrogen (secondary N) is 2. The van der Waals surface area contributed by atoms with Crippen LogP contribution < -0.4 is 15.4 Å². The zero-order chi connectivity index (χ0) is 27.4. The minimum Gasteiger partial charge on any atom is -0.495 e. The summed E-state index contributed by atoms with van der Waals surface area (Å²) in [5, 5.41) is 7.10. The van der Waals surface area contributed by atoms with E-state index in [4.69, 9.17) is 17.0 Å². The molecule has 1 aliphatic heterocycles. The molecule has 4 aromatic rings. The fourth-order valence-corrected chi connectivity index (χ4v) is 5.64. The molecule has 0 saturated carbocycles. The summed E-state index contributed by atoms with van der Waals surface area (Å²) in [6.45, 7) is 5.55. The normalized spacial score (nSPS) is 16.7. The highest BCUT2D eigenvalue weighted by molar-refractivity contribution is 7.80. The first-order valence-electron chi connectivity index (χ1n) is 13.1. The number of para-hydroxylation sites is 2. The van der Waals surface area contributed by atoms with E-state index in [1.54, 1.807) is 13.3 Å². The quantitative estimate of drug-likeness (QED) is 0.272. The Hall–Kier alpha value is -4.17. The van der Waals surface area contributed by atoms with Crippen LogP contribution in [0.3, 0.4) is 0 Å². The van der Waals surface area contributed by atoms with Crippen molar-refractivity contribution in [2.45, 2.75) is 38.9 Å². The van der Waals surface area contributed by atoms with E-state index in [1.165, 1.54) is 22.5 Å². The van der Waals surface area contributed by atoms with Crippen molar-refractivity contribution in [1.82, 2.24) is 19.8 Å². The maximum Gasteiger partial charge on any atom is 0.226 e. The summed E-state index contributed by atoms with van der Waals surface area (Å²) in [7, 11) is 1.59. The molecule has 0 unspecified atom stereocenters. The number of hydrogen-bond donors (Lipinski definition) is 2. The van der Waals surface area contributed by atoms with E-state index in [0.717, 1.165) is 12.2 Å². The van der Waals surface area contributed by atoms with Gasteiger partial charge in [0.2, 0.25) is 5.91 Å². The Morgan fingerprint density at radius 3 is 2.54 bits per heavy atom. The number of hydrogen-bond acceptors (Lipinski definition) is 4. The molecular formula is C31H33N5O2S. The second-order valence-electron chi connectivity index (χ2n) is 9.72. The Labute approximate surface area is 234 Å². The average Bonchev–Trinajstić information content (AvgIpc) is 3.43. The number of pyridine rings is 1. The molecule has 7 nitrogen and oxygen atoms in total. The molecule has 0 radical (unpaired) electrons. The Balaban J connectivity index is 1.43. The van der Waals surface area contributed by atoms with Crippen LogP contribution in [0, 0.1) is 13.8 Å². The highest BCUT2D eigenvalue weighted by Gasteiger charge is 2.41. The van der Waals surface area contributed by atoms with E-state index in [-0.39, 0.29) is 24.4 Å². The van der Waals surface area contributed by atoms with Crippen molar-refractivity contribution in [1.29, 1.82) is 0 Å². The highest BCUT2D eigenvalue weighted by atomic mass is 32.1. The Bertz CT molecular complexity index is 1450. The van der Waals surface area contributed by atoms with Crippen molar-refractivity contribution >= 4 is 28.9 Å². The van der Waals surface area contributed by atoms with Crippen molar-refractivity contribution in [2.24, 2.45) is 0 Å². The summed E-state index contributed by atoms with van der Waals surface area (Å²) in [6, 6.07) is 25.8. The number of ether oxygens (including phenoxy) is 1. The van der Waals surface area contributed by atoms with E-state index < -0.39 is 0 Å². The molecule has 2 aromatic carbocycles. The minimum atomic E-state index is -0.137. The summed E-state index contributed by atoms with van der Waals surface area (Å²) in [6.07, 6.45) is 2.08. The molecule has 3 heterocycles. The number of aromatic nitrogens is 2. The third kappa shape index (κ3) is 5.66. The predicted molar refractivity (Wildman–Crippen MR) is 158 cm³/mol. The topological polar surface area (TPSA) is 71.4 Å². The monoisotopic (exact) mass is 539 g/mol. The van der Waals surface area contributed by atoms with E-state index in [0.29, 0.717) is 23.1 Å². The Kier molecular flexibility index (Phi) is 7.93. The molecule has 2 aromatic heterocycles. The lowest BCUT2D eigenvalue weighted by atomic mass is 9.96. The zero-order valence-corrected chi connectivity index (χ0v) is 23.2. The molecule has 1 amide bonds. The molecule has 1 fully saturated rings. The van der Waals surface area contributed by atoms with E-state index >= 15 is 0 Å². The largest absolute Gasteiger partial charge is 0.495 e. The fraction of sp³-hybridized carbons (Fsp3) is 0.258. The number of benzene rings is 2. The molecule has 1 aliphatic rings. The van der Waals surface area contributed by atoms with Gasteiger partial charge in [-0.25, -0.2) is 0 Å². The molecule has 0 bridgehead atoms. The SMILES string of the molecule is COc1ccccc1NC(=O)CCN1C(=S)N[C@H](c2ccccn2)[C@@H]1c1cc(C)n(Cc2ccccc2)c1C. The summed E-state index contributed by atoms with van der Waals surface area (Å²) in [5.41, 5.74) is 6.35. The lowest BCUT2D eigenvalue weighted by Gasteiger charge is -2.28. The highest BCUT2D eigenvalue weighted by Crippen LogP contribution is 2.41. The molecule has 1 saturated heterocycles.